The molecule has 2 heterocycles. The van der Waals surface area contributed by atoms with E-state index in [2.05, 4.69) is 15.4 Å². The Labute approximate surface area is 261 Å². The second-order valence-corrected chi connectivity index (χ2v) is 12.5. The fourth-order valence-corrected chi connectivity index (χ4v) is 6.72. The number of amides is 1. The molecule has 0 radical (unpaired) electrons. The van der Waals surface area contributed by atoms with Crippen molar-refractivity contribution < 1.29 is 19.4 Å². The van der Waals surface area contributed by atoms with Crippen molar-refractivity contribution in [3.63, 3.8) is 0 Å². The van der Waals surface area contributed by atoms with Crippen LogP contribution in [0.3, 0.4) is 0 Å². The first kappa shape index (κ1) is 31.0. The van der Waals surface area contributed by atoms with Gasteiger partial charge in [0.2, 0.25) is 0 Å². The van der Waals surface area contributed by atoms with Gasteiger partial charge in [-0.05, 0) is 94.7 Å². The molecule has 8 nitrogen and oxygen atoms in total. The number of carboxylic acid groups (broad SMARTS) is 1. The van der Waals surface area contributed by atoms with Gasteiger partial charge in [-0.3, -0.25) is 14.3 Å². The minimum atomic E-state index is -0.808. The van der Waals surface area contributed by atoms with Crippen LogP contribution in [0.1, 0.15) is 70.7 Å². The summed E-state index contributed by atoms with van der Waals surface area (Å²) in [5.41, 5.74) is 7.62. The first-order valence-corrected chi connectivity index (χ1v) is 15.5. The average Bonchev–Trinajstić information content (AvgIpc) is 3.45. The van der Waals surface area contributed by atoms with E-state index in [0.29, 0.717) is 43.0 Å². The number of nitrogens with zero attached hydrogens (tertiary/aromatic N) is 2. The van der Waals surface area contributed by atoms with E-state index in [9.17, 15) is 14.7 Å². The minimum absolute atomic E-state index is 0.202. The van der Waals surface area contributed by atoms with Crippen LogP contribution in [0.25, 0.3) is 22.0 Å². The van der Waals surface area contributed by atoms with Gasteiger partial charge < -0.3 is 20.1 Å². The van der Waals surface area contributed by atoms with Gasteiger partial charge in [-0.15, -0.1) is 0 Å². The third-order valence-corrected chi connectivity index (χ3v) is 9.54. The van der Waals surface area contributed by atoms with Crippen molar-refractivity contribution in [1.29, 1.82) is 0 Å². The Kier molecular flexibility index (Phi) is 9.09. The summed E-state index contributed by atoms with van der Waals surface area (Å²) in [4.78, 5) is 28.9. The zero-order valence-corrected chi connectivity index (χ0v) is 26.7. The molecule has 1 aliphatic carbocycles. The van der Waals surface area contributed by atoms with Crippen molar-refractivity contribution in [1.82, 2.24) is 20.1 Å². The number of aliphatic carboxylic acids is 1. The quantitative estimate of drug-likeness (QED) is 0.167. The van der Waals surface area contributed by atoms with Crippen molar-refractivity contribution in [3.8, 4) is 16.9 Å². The molecular weight excluding hydrogens is 587 g/mol. The molecule has 10 heteroatoms. The molecule has 2 atom stereocenters. The molecule has 4 aromatic rings. The Morgan fingerprint density at radius 1 is 1.12 bits per heavy atom. The number of aryl methyl sites for hydroxylation is 5. The molecule has 1 saturated carbocycles. The number of aromatic amines is 1. The van der Waals surface area contributed by atoms with Crippen molar-refractivity contribution in [2.75, 3.05) is 6.61 Å². The molecule has 5 rings (SSSR count). The van der Waals surface area contributed by atoms with Crippen molar-refractivity contribution >= 4 is 46.0 Å². The zero-order valence-electron chi connectivity index (χ0n) is 25.2. The van der Waals surface area contributed by atoms with Crippen LogP contribution in [0.4, 0.5) is 0 Å². The molecule has 1 amide bonds. The van der Waals surface area contributed by atoms with Gasteiger partial charge in [0.25, 0.3) is 5.91 Å². The number of rotatable bonds is 9. The Bertz CT molecular complexity index is 1680. The third-order valence-electron chi connectivity index (χ3n) is 8.63. The SMILES string of the molecule is Cc1cc(OCCCc2c(C(=O)NC3CCCC(C(=O)O)C3)[nH]c3c(-c4c(C)nn(C)c4C)c(Cl)ccc23)cc(C)c1Cl. The van der Waals surface area contributed by atoms with Gasteiger partial charge in [-0.1, -0.05) is 35.7 Å². The van der Waals surface area contributed by atoms with Crippen LogP contribution < -0.4 is 10.1 Å². The summed E-state index contributed by atoms with van der Waals surface area (Å²) in [7, 11) is 1.90. The lowest BCUT2D eigenvalue weighted by Crippen LogP contribution is -2.40. The second kappa shape index (κ2) is 12.6. The lowest BCUT2D eigenvalue weighted by atomic mass is 9.85. The smallest absolute Gasteiger partial charge is 0.306 e. The molecule has 2 aromatic heterocycles. The molecule has 228 valence electrons. The molecule has 1 fully saturated rings. The highest BCUT2D eigenvalue weighted by molar-refractivity contribution is 6.35. The number of carbonyl (C=O) groups excluding carboxylic acids is 1. The van der Waals surface area contributed by atoms with Crippen LogP contribution in [0.2, 0.25) is 10.0 Å². The first-order valence-electron chi connectivity index (χ1n) is 14.7. The predicted octanol–water partition coefficient (Wildman–Crippen LogP) is 7.49. The molecule has 43 heavy (non-hydrogen) atoms. The monoisotopic (exact) mass is 624 g/mol. The lowest BCUT2D eigenvalue weighted by molar-refractivity contribution is -0.143. The van der Waals surface area contributed by atoms with Gasteiger partial charge in [0.1, 0.15) is 11.4 Å². The van der Waals surface area contributed by atoms with Gasteiger partial charge in [0, 0.05) is 40.3 Å². The normalized spacial score (nSPS) is 16.9. The van der Waals surface area contributed by atoms with E-state index in [4.69, 9.17) is 27.9 Å². The molecule has 0 bridgehead atoms. The van der Waals surface area contributed by atoms with E-state index in [1.165, 1.54) is 0 Å². The molecule has 2 unspecified atom stereocenters. The van der Waals surface area contributed by atoms with Crippen LogP contribution in [0, 0.1) is 33.6 Å². The maximum absolute atomic E-state index is 13.8. The maximum atomic E-state index is 13.8. The zero-order chi connectivity index (χ0) is 31.0. The summed E-state index contributed by atoms with van der Waals surface area (Å²) in [6.45, 7) is 8.32. The fraction of sp³-hybridized carbons (Fsp3) is 0.424. The van der Waals surface area contributed by atoms with E-state index in [-0.39, 0.29) is 11.9 Å². The summed E-state index contributed by atoms with van der Waals surface area (Å²) in [6.07, 6.45) is 3.84. The van der Waals surface area contributed by atoms with E-state index < -0.39 is 11.9 Å². The predicted molar refractivity (Wildman–Crippen MR) is 171 cm³/mol. The highest BCUT2D eigenvalue weighted by Gasteiger charge is 2.30. The Morgan fingerprint density at radius 2 is 1.84 bits per heavy atom. The average molecular weight is 626 g/mol. The van der Waals surface area contributed by atoms with E-state index >= 15 is 0 Å². The van der Waals surface area contributed by atoms with Gasteiger partial charge in [-0.25, -0.2) is 0 Å². The standard InChI is InChI=1S/C33H38Cl2N4O4/c1-17-14-23(15-18(2)29(17)35)43-13-7-10-24-25-11-12-26(34)28(27-19(3)38-39(5)20(27)4)30(25)37-31(24)32(40)36-22-9-6-8-21(16-22)33(41)42/h11-12,14-15,21-22,37H,6-10,13,16H2,1-5H3,(H,36,40)(H,41,42). The number of carboxylic acids is 1. The largest absolute Gasteiger partial charge is 0.494 e. The van der Waals surface area contributed by atoms with Crippen LogP contribution >= 0.6 is 23.2 Å². The molecule has 0 spiro atoms. The third kappa shape index (κ3) is 6.27. The van der Waals surface area contributed by atoms with Gasteiger partial charge in [0.05, 0.1) is 28.8 Å². The number of fused-ring (bicyclic) bond motifs is 1. The first-order chi connectivity index (χ1) is 20.5. The molecule has 0 aliphatic heterocycles. The summed E-state index contributed by atoms with van der Waals surface area (Å²) < 4.78 is 7.91. The Hall–Kier alpha value is -3.49. The summed E-state index contributed by atoms with van der Waals surface area (Å²) in [5, 5.41) is 19.5. The highest BCUT2D eigenvalue weighted by Crippen LogP contribution is 2.40. The maximum Gasteiger partial charge on any atom is 0.306 e. The Balaban J connectivity index is 1.48. The van der Waals surface area contributed by atoms with E-state index in [1.807, 2.05) is 63.7 Å². The van der Waals surface area contributed by atoms with Gasteiger partial charge in [-0.2, -0.15) is 5.10 Å². The number of H-pyrrole nitrogens is 1. The fourth-order valence-electron chi connectivity index (χ4n) is 6.36. The lowest BCUT2D eigenvalue weighted by Gasteiger charge is -2.27. The molecule has 3 N–H and O–H groups in total. The van der Waals surface area contributed by atoms with Crippen LogP contribution in [-0.4, -0.2) is 44.4 Å². The number of benzene rings is 2. The summed E-state index contributed by atoms with van der Waals surface area (Å²) >= 11 is 13.1. The van der Waals surface area contributed by atoms with E-state index in [0.717, 1.165) is 73.7 Å². The van der Waals surface area contributed by atoms with Gasteiger partial charge >= 0.3 is 5.97 Å². The van der Waals surface area contributed by atoms with E-state index in [1.54, 1.807) is 0 Å². The number of hydrogen-bond acceptors (Lipinski definition) is 4. The number of carbonyl (C=O) groups is 2. The van der Waals surface area contributed by atoms with Crippen molar-refractivity contribution in [2.45, 2.75) is 72.3 Å². The van der Waals surface area contributed by atoms with Crippen LogP contribution in [0.15, 0.2) is 24.3 Å². The highest BCUT2D eigenvalue weighted by atomic mass is 35.5. The number of ether oxygens (including phenoxy) is 1. The number of nitrogens with one attached hydrogen (secondary N) is 2. The topological polar surface area (TPSA) is 109 Å². The number of aromatic nitrogens is 3. The van der Waals surface area contributed by atoms with Crippen molar-refractivity contribution in [2.24, 2.45) is 13.0 Å². The molecular formula is C33H38Cl2N4O4. The number of halogens is 2. The van der Waals surface area contributed by atoms with Gasteiger partial charge in [0.15, 0.2) is 0 Å². The Morgan fingerprint density at radius 3 is 2.49 bits per heavy atom. The number of hydrogen-bond donors (Lipinski definition) is 3. The molecule has 2 aromatic carbocycles. The van der Waals surface area contributed by atoms with Crippen LogP contribution in [-0.2, 0) is 18.3 Å². The van der Waals surface area contributed by atoms with Crippen LogP contribution in [0.5, 0.6) is 5.75 Å². The summed E-state index contributed by atoms with van der Waals surface area (Å²) in [6, 6.07) is 7.49. The molecule has 0 saturated heterocycles. The second-order valence-electron chi connectivity index (χ2n) is 11.7. The summed E-state index contributed by atoms with van der Waals surface area (Å²) in [5.74, 6) is -0.731. The minimum Gasteiger partial charge on any atom is -0.494 e. The molecule has 1 aliphatic rings. The van der Waals surface area contributed by atoms with Crippen molar-refractivity contribution in [3.05, 3.63) is 68.1 Å².